The summed E-state index contributed by atoms with van der Waals surface area (Å²) in [5.74, 6) is -0.671. The van der Waals surface area contributed by atoms with E-state index in [1.165, 1.54) is 24.3 Å². The second kappa shape index (κ2) is 6.27. The molecule has 0 radical (unpaired) electrons. The molecular formula is C12H12N4O4S. The molecule has 110 valence electrons. The van der Waals surface area contributed by atoms with E-state index in [9.17, 15) is 19.7 Å². The number of hydrogen-bond acceptors (Lipinski definition) is 5. The van der Waals surface area contributed by atoms with Gasteiger partial charge >= 0.3 is 0 Å². The molecule has 0 unspecified atom stereocenters. The van der Waals surface area contributed by atoms with Gasteiger partial charge in [-0.2, -0.15) is 0 Å². The zero-order chi connectivity index (χ0) is 15.4. The number of nitrogens with zero attached hydrogens (tertiary/aromatic N) is 1. The Morgan fingerprint density at radius 2 is 1.81 bits per heavy atom. The minimum Gasteiger partial charge on any atom is -0.298 e. The summed E-state index contributed by atoms with van der Waals surface area (Å²) in [7, 11) is 0. The van der Waals surface area contributed by atoms with Crippen molar-refractivity contribution in [1.82, 2.24) is 16.2 Å². The average molecular weight is 308 g/mol. The fourth-order valence-electron chi connectivity index (χ4n) is 1.51. The molecule has 1 saturated carbocycles. The Hall–Kier alpha value is -2.55. The van der Waals surface area contributed by atoms with Crippen LogP contribution in [0, 0.1) is 16.0 Å². The van der Waals surface area contributed by atoms with E-state index < -0.39 is 10.8 Å². The van der Waals surface area contributed by atoms with Crippen LogP contribution in [-0.2, 0) is 4.79 Å². The maximum Gasteiger partial charge on any atom is 0.269 e. The van der Waals surface area contributed by atoms with E-state index in [4.69, 9.17) is 12.2 Å². The molecule has 1 aliphatic rings. The second-order valence-corrected chi connectivity index (χ2v) is 4.88. The number of benzene rings is 1. The number of nitrogens with one attached hydrogen (secondary N) is 3. The summed E-state index contributed by atoms with van der Waals surface area (Å²) in [6, 6.07) is 5.08. The third kappa shape index (κ3) is 4.21. The number of thiocarbonyl (C=S) groups is 1. The van der Waals surface area contributed by atoms with Crippen LogP contribution in [0.5, 0.6) is 0 Å². The molecule has 0 saturated heterocycles. The molecule has 1 fully saturated rings. The lowest BCUT2D eigenvalue weighted by Crippen LogP contribution is -2.48. The van der Waals surface area contributed by atoms with Crippen molar-refractivity contribution in [2.45, 2.75) is 12.8 Å². The van der Waals surface area contributed by atoms with Gasteiger partial charge in [0.15, 0.2) is 5.11 Å². The zero-order valence-corrected chi connectivity index (χ0v) is 11.6. The molecule has 0 spiro atoms. The first kappa shape index (κ1) is 14.9. The van der Waals surface area contributed by atoms with Crippen molar-refractivity contribution in [2.75, 3.05) is 0 Å². The summed E-state index contributed by atoms with van der Waals surface area (Å²) in [6.45, 7) is 0. The highest BCUT2D eigenvalue weighted by Gasteiger charge is 2.29. The number of hydrogen-bond donors (Lipinski definition) is 3. The lowest BCUT2D eigenvalue weighted by Gasteiger charge is -2.10. The van der Waals surface area contributed by atoms with Gasteiger partial charge in [-0.25, -0.2) is 0 Å². The van der Waals surface area contributed by atoms with Gasteiger partial charge in [0.25, 0.3) is 11.6 Å². The molecule has 0 atom stereocenters. The summed E-state index contributed by atoms with van der Waals surface area (Å²) >= 11 is 4.86. The number of nitro benzene ring substituents is 1. The van der Waals surface area contributed by atoms with Crippen molar-refractivity contribution in [3.05, 3.63) is 39.9 Å². The zero-order valence-electron chi connectivity index (χ0n) is 10.8. The second-order valence-electron chi connectivity index (χ2n) is 4.48. The number of nitro groups is 1. The highest BCUT2D eigenvalue weighted by atomic mass is 32.1. The van der Waals surface area contributed by atoms with Crippen molar-refractivity contribution in [2.24, 2.45) is 5.92 Å². The first-order chi connectivity index (χ1) is 9.97. The molecule has 0 aliphatic heterocycles. The number of amides is 2. The van der Waals surface area contributed by atoms with E-state index in [1.54, 1.807) is 0 Å². The molecule has 0 bridgehead atoms. The molecule has 8 nitrogen and oxygen atoms in total. The van der Waals surface area contributed by atoms with Crippen LogP contribution in [0.4, 0.5) is 5.69 Å². The molecule has 0 heterocycles. The number of non-ortho nitro benzene ring substituents is 1. The Bertz CT molecular complexity index is 598. The molecule has 21 heavy (non-hydrogen) atoms. The van der Waals surface area contributed by atoms with E-state index in [0.717, 1.165) is 12.8 Å². The van der Waals surface area contributed by atoms with Gasteiger partial charge in [-0.15, -0.1) is 0 Å². The third-order valence-electron chi connectivity index (χ3n) is 2.81. The topological polar surface area (TPSA) is 113 Å². The highest BCUT2D eigenvalue weighted by molar-refractivity contribution is 7.80. The first-order valence-electron chi connectivity index (χ1n) is 6.13. The molecule has 0 aromatic heterocycles. The van der Waals surface area contributed by atoms with Gasteiger partial charge in [-0.3, -0.25) is 35.9 Å². The van der Waals surface area contributed by atoms with Crippen molar-refractivity contribution in [1.29, 1.82) is 0 Å². The van der Waals surface area contributed by atoms with Crippen LogP contribution in [0.15, 0.2) is 24.3 Å². The molecule has 1 aliphatic carbocycles. The van der Waals surface area contributed by atoms with Crippen LogP contribution >= 0.6 is 12.2 Å². The monoisotopic (exact) mass is 308 g/mol. The predicted molar refractivity (Wildman–Crippen MR) is 77.2 cm³/mol. The Morgan fingerprint density at radius 1 is 1.19 bits per heavy atom. The van der Waals surface area contributed by atoms with Crippen LogP contribution in [0.3, 0.4) is 0 Å². The minimum absolute atomic E-state index is 0.0191. The van der Waals surface area contributed by atoms with Gasteiger partial charge in [0.1, 0.15) is 0 Å². The van der Waals surface area contributed by atoms with Gasteiger partial charge in [0, 0.05) is 23.6 Å². The number of rotatable bonds is 3. The van der Waals surface area contributed by atoms with E-state index in [0.29, 0.717) is 0 Å². The van der Waals surface area contributed by atoms with Crippen LogP contribution in [0.1, 0.15) is 23.2 Å². The smallest absolute Gasteiger partial charge is 0.269 e. The number of carbonyl (C=O) groups excluding carboxylic acids is 2. The van der Waals surface area contributed by atoms with E-state index in [1.807, 2.05) is 0 Å². The van der Waals surface area contributed by atoms with Crippen molar-refractivity contribution < 1.29 is 14.5 Å². The first-order valence-corrected chi connectivity index (χ1v) is 6.54. The summed E-state index contributed by atoms with van der Waals surface area (Å²) in [5, 5.41) is 12.8. The average Bonchev–Trinajstić information content (AvgIpc) is 3.29. The van der Waals surface area contributed by atoms with Gasteiger partial charge in [0.05, 0.1) is 4.92 Å². The Balaban J connectivity index is 1.83. The van der Waals surface area contributed by atoms with Crippen molar-refractivity contribution in [3.63, 3.8) is 0 Å². The largest absolute Gasteiger partial charge is 0.298 e. The number of hydrazine groups is 1. The summed E-state index contributed by atoms with van der Waals surface area (Å²) in [5.41, 5.74) is 4.93. The van der Waals surface area contributed by atoms with Crippen LogP contribution in [0.2, 0.25) is 0 Å². The normalized spacial score (nSPS) is 13.1. The van der Waals surface area contributed by atoms with Crippen LogP contribution in [0.25, 0.3) is 0 Å². The van der Waals surface area contributed by atoms with Crippen molar-refractivity contribution in [3.8, 4) is 0 Å². The Kier molecular flexibility index (Phi) is 4.43. The molecule has 1 aromatic carbocycles. The lowest BCUT2D eigenvalue weighted by atomic mass is 10.2. The molecule has 3 N–H and O–H groups in total. The quantitative estimate of drug-likeness (QED) is 0.429. The summed E-state index contributed by atoms with van der Waals surface area (Å²) < 4.78 is 0. The highest BCUT2D eigenvalue weighted by Crippen LogP contribution is 2.28. The van der Waals surface area contributed by atoms with Crippen LogP contribution in [-0.4, -0.2) is 21.9 Å². The molecule has 1 aromatic rings. The van der Waals surface area contributed by atoms with Gasteiger partial charge in [0.2, 0.25) is 5.91 Å². The molecule has 2 rings (SSSR count). The minimum atomic E-state index is -0.554. The van der Waals surface area contributed by atoms with Gasteiger partial charge in [-0.1, -0.05) is 0 Å². The van der Waals surface area contributed by atoms with Crippen LogP contribution < -0.4 is 16.2 Å². The fourth-order valence-corrected chi connectivity index (χ4v) is 1.65. The fraction of sp³-hybridized carbons (Fsp3) is 0.250. The molecule has 9 heteroatoms. The third-order valence-corrected chi connectivity index (χ3v) is 3.02. The van der Waals surface area contributed by atoms with Crippen molar-refractivity contribution >= 4 is 34.8 Å². The van der Waals surface area contributed by atoms with Gasteiger partial charge in [-0.05, 0) is 37.2 Å². The van der Waals surface area contributed by atoms with Gasteiger partial charge < -0.3 is 0 Å². The molecular weight excluding hydrogens is 296 g/mol. The maximum absolute atomic E-state index is 11.8. The maximum atomic E-state index is 11.8. The summed E-state index contributed by atoms with van der Waals surface area (Å²) in [6.07, 6.45) is 1.71. The van der Waals surface area contributed by atoms with E-state index >= 15 is 0 Å². The standard InChI is InChI=1S/C12H12N4O4S/c17-10(7-3-5-9(6-4-7)16(19)20)13-12(21)15-14-11(18)8-1-2-8/h3-6,8H,1-2H2,(H,14,18)(H2,13,15,17,21). The summed E-state index contributed by atoms with van der Waals surface area (Å²) in [4.78, 5) is 33.1. The van der Waals surface area contributed by atoms with E-state index in [2.05, 4.69) is 16.2 Å². The Morgan fingerprint density at radius 3 is 2.33 bits per heavy atom. The SMILES string of the molecule is O=C(NC(=S)NNC(=O)C1CC1)c1ccc([N+](=O)[O-])cc1. The van der Waals surface area contributed by atoms with E-state index in [-0.39, 0.29) is 28.2 Å². The number of carbonyl (C=O) groups is 2. The molecule has 2 amide bonds. The predicted octanol–water partition coefficient (Wildman–Crippen LogP) is 0.640. The Labute approximate surface area is 125 Å². The lowest BCUT2D eigenvalue weighted by molar-refractivity contribution is -0.384.